The van der Waals surface area contributed by atoms with Gasteiger partial charge in [0.05, 0.1) is 5.69 Å². The molecule has 0 amide bonds. The lowest BCUT2D eigenvalue weighted by Gasteiger charge is -2.14. The minimum atomic E-state index is -0.309. The summed E-state index contributed by atoms with van der Waals surface area (Å²) in [4.78, 5) is 8.66. The second-order valence-corrected chi connectivity index (χ2v) is 6.93. The number of rotatable bonds is 6. The highest BCUT2D eigenvalue weighted by Gasteiger charge is 2.09. The van der Waals surface area contributed by atoms with E-state index in [2.05, 4.69) is 22.2 Å². The SMILES string of the molecule is CC(Cc1ccc(F)cc1Cl)NCc1nc(-c2ccncc2)cs1. The minimum absolute atomic E-state index is 0.209. The van der Waals surface area contributed by atoms with E-state index >= 15 is 0 Å². The number of pyridine rings is 1. The first kappa shape index (κ1) is 17.0. The van der Waals surface area contributed by atoms with Crippen molar-refractivity contribution in [3.8, 4) is 11.3 Å². The molecule has 0 radical (unpaired) electrons. The van der Waals surface area contributed by atoms with E-state index in [0.29, 0.717) is 11.6 Å². The van der Waals surface area contributed by atoms with Gasteiger partial charge in [-0.05, 0) is 43.2 Å². The molecule has 6 heteroatoms. The summed E-state index contributed by atoms with van der Waals surface area (Å²) >= 11 is 7.71. The second-order valence-electron chi connectivity index (χ2n) is 5.58. The number of nitrogens with zero attached hydrogens (tertiary/aromatic N) is 2. The summed E-state index contributed by atoms with van der Waals surface area (Å²) in [5, 5.41) is 6.98. The van der Waals surface area contributed by atoms with Gasteiger partial charge in [0.1, 0.15) is 10.8 Å². The molecule has 0 bridgehead atoms. The predicted octanol–water partition coefficient (Wildman–Crippen LogP) is 4.72. The topological polar surface area (TPSA) is 37.8 Å². The highest BCUT2D eigenvalue weighted by Crippen LogP contribution is 2.22. The van der Waals surface area contributed by atoms with Gasteiger partial charge in [0.25, 0.3) is 0 Å². The summed E-state index contributed by atoms with van der Waals surface area (Å²) in [6.07, 6.45) is 4.27. The zero-order valence-electron chi connectivity index (χ0n) is 13.2. The number of hydrogen-bond donors (Lipinski definition) is 1. The monoisotopic (exact) mass is 361 g/mol. The fourth-order valence-electron chi connectivity index (χ4n) is 2.40. The molecule has 1 N–H and O–H groups in total. The Bertz CT molecular complexity index is 807. The molecular weight excluding hydrogens is 345 g/mol. The Morgan fingerprint density at radius 3 is 2.79 bits per heavy atom. The number of hydrogen-bond acceptors (Lipinski definition) is 4. The smallest absolute Gasteiger partial charge is 0.124 e. The van der Waals surface area contributed by atoms with Gasteiger partial charge in [0.2, 0.25) is 0 Å². The molecule has 0 spiro atoms. The highest BCUT2D eigenvalue weighted by atomic mass is 35.5. The van der Waals surface area contributed by atoms with E-state index in [1.807, 2.05) is 17.5 Å². The number of aromatic nitrogens is 2. The van der Waals surface area contributed by atoms with Gasteiger partial charge in [-0.25, -0.2) is 9.37 Å². The summed E-state index contributed by atoms with van der Waals surface area (Å²) in [6.45, 7) is 2.77. The minimum Gasteiger partial charge on any atom is -0.308 e. The van der Waals surface area contributed by atoms with Crippen LogP contribution in [0.2, 0.25) is 5.02 Å². The molecule has 3 rings (SSSR count). The van der Waals surface area contributed by atoms with Crippen LogP contribution in [0, 0.1) is 5.82 Å². The molecule has 2 heterocycles. The summed E-state index contributed by atoms with van der Waals surface area (Å²) in [6, 6.07) is 8.64. The van der Waals surface area contributed by atoms with Crippen LogP contribution in [0.1, 0.15) is 17.5 Å². The van der Waals surface area contributed by atoms with Crippen molar-refractivity contribution in [3.63, 3.8) is 0 Å². The summed E-state index contributed by atoms with van der Waals surface area (Å²) in [5.41, 5.74) is 2.97. The Hall–Kier alpha value is -1.82. The maximum atomic E-state index is 13.1. The molecule has 0 fully saturated rings. The van der Waals surface area contributed by atoms with Crippen LogP contribution >= 0.6 is 22.9 Å². The number of nitrogens with one attached hydrogen (secondary N) is 1. The summed E-state index contributed by atoms with van der Waals surface area (Å²) < 4.78 is 13.1. The normalized spacial score (nSPS) is 12.3. The van der Waals surface area contributed by atoms with Crippen LogP contribution in [0.25, 0.3) is 11.3 Å². The van der Waals surface area contributed by atoms with Gasteiger partial charge in [-0.1, -0.05) is 17.7 Å². The van der Waals surface area contributed by atoms with Gasteiger partial charge in [0.15, 0.2) is 0 Å². The van der Waals surface area contributed by atoms with E-state index in [0.717, 1.165) is 28.2 Å². The van der Waals surface area contributed by atoms with Crippen molar-refractivity contribution in [2.75, 3.05) is 0 Å². The quantitative estimate of drug-likeness (QED) is 0.690. The fourth-order valence-corrected chi connectivity index (χ4v) is 3.40. The molecule has 1 aromatic carbocycles. The molecule has 0 aliphatic heterocycles. The van der Waals surface area contributed by atoms with Crippen molar-refractivity contribution < 1.29 is 4.39 Å². The highest BCUT2D eigenvalue weighted by molar-refractivity contribution is 7.09. The van der Waals surface area contributed by atoms with Gasteiger partial charge in [-0.15, -0.1) is 11.3 Å². The molecule has 1 unspecified atom stereocenters. The lowest BCUT2D eigenvalue weighted by molar-refractivity contribution is 0.543. The Labute approximate surface area is 149 Å². The van der Waals surface area contributed by atoms with Gasteiger partial charge in [-0.2, -0.15) is 0 Å². The Morgan fingerprint density at radius 2 is 2.04 bits per heavy atom. The van der Waals surface area contributed by atoms with Crippen LogP contribution in [0.4, 0.5) is 4.39 Å². The fraction of sp³-hybridized carbons (Fsp3) is 0.222. The third-order valence-electron chi connectivity index (χ3n) is 3.67. The lowest BCUT2D eigenvalue weighted by Crippen LogP contribution is -2.27. The van der Waals surface area contributed by atoms with Gasteiger partial charge < -0.3 is 5.32 Å². The van der Waals surface area contributed by atoms with E-state index in [-0.39, 0.29) is 11.9 Å². The van der Waals surface area contributed by atoms with Crippen molar-refractivity contribution in [2.45, 2.75) is 25.9 Å². The van der Waals surface area contributed by atoms with E-state index in [1.165, 1.54) is 12.1 Å². The van der Waals surface area contributed by atoms with Crippen LogP contribution in [-0.2, 0) is 13.0 Å². The molecule has 2 aromatic heterocycles. The van der Waals surface area contributed by atoms with Crippen LogP contribution in [0.3, 0.4) is 0 Å². The molecule has 3 nitrogen and oxygen atoms in total. The molecule has 3 aromatic rings. The van der Waals surface area contributed by atoms with Gasteiger partial charge >= 0.3 is 0 Å². The maximum Gasteiger partial charge on any atom is 0.124 e. The molecule has 1 atom stereocenters. The first-order valence-electron chi connectivity index (χ1n) is 7.64. The largest absolute Gasteiger partial charge is 0.308 e. The molecule has 124 valence electrons. The summed E-state index contributed by atoms with van der Waals surface area (Å²) in [7, 11) is 0. The van der Waals surface area contributed by atoms with E-state index < -0.39 is 0 Å². The average molecular weight is 362 g/mol. The lowest BCUT2D eigenvalue weighted by atomic mass is 10.1. The molecular formula is C18H17ClFN3S. The molecule has 0 aliphatic rings. The standard InChI is InChI=1S/C18H17ClFN3S/c1-12(8-14-2-3-15(20)9-16(14)19)22-10-18-23-17(11-24-18)13-4-6-21-7-5-13/h2-7,9,11-12,22H,8,10H2,1H3. The predicted molar refractivity (Wildman–Crippen MR) is 96.8 cm³/mol. The second kappa shape index (κ2) is 7.83. The zero-order valence-corrected chi connectivity index (χ0v) is 14.7. The van der Waals surface area contributed by atoms with Gasteiger partial charge in [-0.3, -0.25) is 4.98 Å². The van der Waals surface area contributed by atoms with Crippen LogP contribution in [0.15, 0.2) is 48.1 Å². The molecule has 0 saturated carbocycles. The number of halogens is 2. The van der Waals surface area contributed by atoms with Crippen molar-refractivity contribution in [3.05, 3.63) is 69.5 Å². The Kier molecular flexibility index (Phi) is 5.56. The van der Waals surface area contributed by atoms with Crippen LogP contribution in [-0.4, -0.2) is 16.0 Å². The third kappa shape index (κ3) is 4.38. The first-order valence-corrected chi connectivity index (χ1v) is 8.89. The van der Waals surface area contributed by atoms with Crippen molar-refractivity contribution >= 4 is 22.9 Å². The third-order valence-corrected chi connectivity index (χ3v) is 4.87. The Morgan fingerprint density at radius 1 is 1.25 bits per heavy atom. The zero-order chi connectivity index (χ0) is 16.9. The molecule has 0 saturated heterocycles. The van der Waals surface area contributed by atoms with E-state index in [1.54, 1.807) is 29.8 Å². The van der Waals surface area contributed by atoms with Crippen molar-refractivity contribution in [2.24, 2.45) is 0 Å². The molecule has 24 heavy (non-hydrogen) atoms. The van der Waals surface area contributed by atoms with Gasteiger partial charge in [0, 0.05) is 40.9 Å². The summed E-state index contributed by atoms with van der Waals surface area (Å²) in [5.74, 6) is -0.309. The van der Waals surface area contributed by atoms with Crippen molar-refractivity contribution in [1.82, 2.24) is 15.3 Å². The van der Waals surface area contributed by atoms with Crippen molar-refractivity contribution in [1.29, 1.82) is 0 Å². The number of thiazole rings is 1. The number of benzene rings is 1. The maximum absolute atomic E-state index is 13.1. The van der Waals surface area contributed by atoms with Crippen LogP contribution in [0.5, 0.6) is 0 Å². The van der Waals surface area contributed by atoms with E-state index in [4.69, 9.17) is 11.6 Å². The molecule has 0 aliphatic carbocycles. The first-order chi connectivity index (χ1) is 11.6. The Balaban J connectivity index is 1.57. The van der Waals surface area contributed by atoms with E-state index in [9.17, 15) is 4.39 Å². The van der Waals surface area contributed by atoms with Crippen LogP contribution < -0.4 is 5.32 Å². The average Bonchev–Trinajstić information content (AvgIpc) is 3.05.